The van der Waals surface area contributed by atoms with E-state index in [9.17, 15) is 8.42 Å². The highest BCUT2D eigenvalue weighted by molar-refractivity contribution is 7.91. The average Bonchev–Trinajstić information content (AvgIpc) is 3.20. The molecule has 1 fully saturated rings. The van der Waals surface area contributed by atoms with Gasteiger partial charge in [-0.05, 0) is 60.9 Å². The highest BCUT2D eigenvalue weighted by Crippen LogP contribution is 2.42. The summed E-state index contributed by atoms with van der Waals surface area (Å²) in [5.41, 5.74) is 3.73. The Morgan fingerprint density at radius 2 is 1.79 bits per heavy atom. The van der Waals surface area contributed by atoms with Gasteiger partial charge < -0.3 is 14.6 Å². The summed E-state index contributed by atoms with van der Waals surface area (Å²) in [6.07, 6.45) is 3.31. The van der Waals surface area contributed by atoms with E-state index in [4.69, 9.17) is 4.74 Å². The molecule has 5 nitrogen and oxygen atoms in total. The van der Waals surface area contributed by atoms with Crippen LogP contribution in [0.2, 0.25) is 0 Å². The SMILES string of the molecule is COc1ccc(S(=O)(=O)c2ccc3c(c2)c2c(n3C)CC3CCC2N3)cc1.Cl. The number of nitrogens with zero attached hydrogens (tertiary/aromatic N) is 1. The van der Waals surface area contributed by atoms with Gasteiger partial charge >= 0.3 is 0 Å². The van der Waals surface area contributed by atoms with Crippen molar-refractivity contribution in [2.45, 2.75) is 41.1 Å². The molecule has 0 saturated carbocycles. The number of nitrogens with one attached hydrogen (secondary N) is 1. The van der Waals surface area contributed by atoms with Gasteiger partial charge in [-0.15, -0.1) is 12.4 Å². The first kappa shape index (κ1) is 19.3. The van der Waals surface area contributed by atoms with Crippen LogP contribution >= 0.6 is 12.4 Å². The number of hydrogen-bond donors (Lipinski definition) is 1. The molecule has 28 heavy (non-hydrogen) atoms. The van der Waals surface area contributed by atoms with Crippen LogP contribution in [0.3, 0.4) is 0 Å². The van der Waals surface area contributed by atoms with Crippen molar-refractivity contribution in [1.29, 1.82) is 0 Å². The zero-order chi connectivity index (χ0) is 18.8. The Bertz CT molecular complexity index is 1150. The molecule has 0 radical (unpaired) electrons. The lowest BCUT2D eigenvalue weighted by molar-refractivity contribution is 0.414. The molecule has 0 aliphatic carbocycles. The molecule has 1 saturated heterocycles. The number of sulfone groups is 1. The molecule has 2 atom stereocenters. The third-order valence-electron chi connectivity index (χ3n) is 6.04. The molecule has 3 aromatic rings. The molecular formula is C21H23ClN2O3S. The van der Waals surface area contributed by atoms with Crippen molar-refractivity contribution in [3.05, 3.63) is 53.7 Å². The van der Waals surface area contributed by atoms with E-state index in [0.717, 1.165) is 23.7 Å². The smallest absolute Gasteiger partial charge is 0.206 e. The summed E-state index contributed by atoms with van der Waals surface area (Å²) in [7, 11) is 0.0822. The highest BCUT2D eigenvalue weighted by Gasteiger charge is 2.36. The Labute approximate surface area is 171 Å². The molecule has 0 amide bonds. The van der Waals surface area contributed by atoms with Gasteiger partial charge in [0.15, 0.2) is 0 Å². The Morgan fingerprint density at radius 3 is 2.50 bits per heavy atom. The molecule has 2 unspecified atom stereocenters. The fraction of sp³-hybridized carbons (Fsp3) is 0.333. The van der Waals surface area contributed by atoms with Gasteiger partial charge in [-0.1, -0.05) is 0 Å². The van der Waals surface area contributed by atoms with Crippen LogP contribution in [0.1, 0.15) is 30.1 Å². The third kappa shape index (κ3) is 2.74. The van der Waals surface area contributed by atoms with E-state index in [1.165, 1.54) is 17.7 Å². The van der Waals surface area contributed by atoms with Crippen molar-refractivity contribution in [3.8, 4) is 5.75 Å². The van der Waals surface area contributed by atoms with Gasteiger partial charge in [0.2, 0.25) is 9.84 Å². The third-order valence-corrected chi connectivity index (χ3v) is 7.81. The van der Waals surface area contributed by atoms with E-state index in [1.807, 2.05) is 12.1 Å². The van der Waals surface area contributed by atoms with Crippen molar-refractivity contribution in [3.63, 3.8) is 0 Å². The van der Waals surface area contributed by atoms with Gasteiger partial charge in [-0.2, -0.15) is 0 Å². The summed E-state index contributed by atoms with van der Waals surface area (Å²) in [6.45, 7) is 0. The maximum atomic E-state index is 13.1. The molecule has 148 valence electrons. The first-order chi connectivity index (χ1) is 13.0. The molecular weight excluding hydrogens is 396 g/mol. The number of benzene rings is 2. The maximum Gasteiger partial charge on any atom is 0.206 e. The molecule has 2 bridgehead atoms. The number of halogens is 1. The predicted octanol–water partition coefficient (Wildman–Crippen LogP) is 3.79. The fourth-order valence-electron chi connectivity index (χ4n) is 4.64. The summed E-state index contributed by atoms with van der Waals surface area (Å²) in [6, 6.07) is 13.0. The van der Waals surface area contributed by atoms with E-state index >= 15 is 0 Å². The van der Waals surface area contributed by atoms with Crippen molar-refractivity contribution < 1.29 is 13.2 Å². The Morgan fingerprint density at radius 1 is 1.07 bits per heavy atom. The minimum absolute atomic E-state index is 0. The fourth-order valence-corrected chi connectivity index (χ4v) is 5.93. The molecule has 2 aliphatic heterocycles. The van der Waals surface area contributed by atoms with Crippen LogP contribution in [0.5, 0.6) is 5.75 Å². The molecule has 7 heteroatoms. The predicted molar refractivity (Wildman–Crippen MR) is 111 cm³/mol. The summed E-state index contributed by atoms with van der Waals surface area (Å²) >= 11 is 0. The first-order valence-electron chi connectivity index (χ1n) is 9.25. The van der Waals surface area contributed by atoms with E-state index in [2.05, 4.69) is 16.9 Å². The molecule has 1 aromatic heterocycles. The van der Waals surface area contributed by atoms with E-state index in [1.54, 1.807) is 37.4 Å². The van der Waals surface area contributed by atoms with Gasteiger partial charge in [0, 0.05) is 42.1 Å². The second-order valence-electron chi connectivity index (χ2n) is 7.47. The average molecular weight is 419 g/mol. The quantitative estimate of drug-likeness (QED) is 0.703. The lowest BCUT2D eigenvalue weighted by Crippen LogP contribution is -2.32. The summed E-state index contributed by atoms with van der Waals surface area (Å²) in [5.74, 6) is 0.642. The lowest BCUT2D eigenvalue weighted by atomic mass is 9.99. The molecule has 2 aliphatic rings. The summed E-state index contributed by atoms with van der Waals surface area (Å²) < 4.78 is 33.7. The zero-order valence-corrected chi connectivity index (χ0v) is 17.4. The van der Waals surface area contributed by atoms with Gasteiger partial charge in [-0.25, -0.2) is 8.42 Å². The minimum Gasteiger partial charge on any atom is -0.497 e. The van der Waals surface area contributed by atoms with Crippen LogP contribution in [0, 0.1) is 0 Å². The molecule has 3 heterocycles. The number of rotatable bonds is 3. The maximum absolute atomic E-state index is 13.1. The Hall–Kier alpha value is -2.02. The molecule has 2 aromatic carbocycles. The van der Waals surface area contributed by atoms with Gasteiger partial charge in [0.05, 0.1) is 16.9 Å². The van der Waals surface area contributed by atoms with Crippen LogP contribution in [0.15, 0.2) is 52.3 Å². The normalized spacial score (nSPS) is 20.6. The van der Waals surface area contributed by atoms with Crippen LogP contribution in [-0.4, -0.2) is 26.1 Å². The number of aryl methyl sites for hydroxylation is 1. The van der Waals surface area contributed by atoms with Crippen LogP contribution < -0.4 is 10.1 Å². The number of aromatic nitrogens is 1. The number of hydrogen-bond acceptors (Lipinski definition) is 4. The monoisotopic (exact) mass is 418 g/mol. The number of methoxy groups -OCH3 is 1. The lowest BCUT2D eigenvalue weighted by Gasteiger charge is -2.23. The largest absolute Gasteiger partial charge is 0.497 e. The van der Waals surface area contributed by atoms with Gasteiger partial charge in [-0.3, -0.25) is 0 Å². The topological polar surface area (TPSA) is 60.3 Å². The van der Waals surface area contributed by atoms with Crippen molar-refractivity contribution in [2.24, 2.45) is 7.05 Å². The van der Waals surface area contributed by atoms with Crippen molar-refractivity contribution in [2.75, 3.05) is 7.11 Å². The molecule has 1 N–H and O–H groups in total. The molecule has 0 spiro atoms. The second kappa shape index (κ2) is 6.79. The van der Waals surface area contributed by atoms with E-state index in [-0.39, 0.29) is 17.3 Å². The first-order valence-corrected chi connectivity index (χ1v) is 10.7. The standard InChI is InChI=1S/C21H22N2O3S.ClH/c1-23-19-10-8-16(27(24,25)15-6-4-14(26-2)5-7-15)12-17(19)21-18-9-3-13(22-18)11-20(21)23;/h4-8,10,12-13,18,22H,3,9,11H2,1-2H3;1H. The number of fused-ring (bicyclic) bond motifs is 6. The highest BCUT2D eigenvalue weighted by atomic mass is 35.5. The van der Waals surface area contributed by atoms with Crippen LogP contribution in [-0.2, 0) is 23.3 Å². The zero-order valence-electron chi connectivity index (χ0n) is 15.8. The molecule has 5 rings (SSSR count). The second-order valence-corrected chi connectivity index (χ2v) is 9.42. The van der Waals surface area contributed by atoms with E-state index in [0.29, 0.717) is 22.7 Å². The van der Waals surface area contributed by atoms with Crippen LogP contribution in [0.4, 0.5) is 0 Å². The number of ether oxygens (including phenoxy) is 1. The minimum atomic E-state index is -3.57. The van der Waals surface area contributed by atoms with Crippen molar-refractivity contribution in [1.82, 2.24) is 9.88 Å². The Kier molecular flexibility index (Phi) is 4.68. The van der Waals surface area contributed by atoms with Crippen molar-refractivity contribution >= 4 is 33.1 Å². The van der Waals surface area contributed by atoms with Gasteiger partial charge in [0.25, 0.3) is 0 Å². The summed E-state index contributed by atoms with van der Waals surface area (Å²) in [4.78, 5) is 0.625. The summed E-state index contributed by atoms with van der Waals surface area (Å²) in [5, 5.41) is 4.73. The Balaban J connectivity index is 0.00000192. The van der Waals surface area contributed by atoms with Crippen LogP contribution in [0.25, 0.3) is 10.9 Å². The van der Waals surface area contributed by atoms with Gasteiger partial charge in [0.1, 0.15) is 5.75 Å². The van der Waals surface area contributed by atoms with E-state index < -0.39 is 9.84 Å².